The second-order valence-electron chi connectivity index (χ2n) is 4.42. The number of ether oxygens (including phenoxy) is 1. The quantitative estimate of drug-likeness (QED) is 0.844. The molecule has 0 aliphatic carbocycles. The number of carbonyl (C=O) groups excluding carboxylic acids is 1. The van der Waals surface area contributed by atoms with Gasteiger partial charge in [0.2, 0.25) is 0 Å². The molecule has 0 aliphatic heterocycles. The van der Waals surface area contributed by atoms with Crippen molar-refractivity contribution in [3.63, 3.8) is 0 Å². The number of hydrogen-bond acceptors (Lipinski definition) is 5. The molecule has 0 amide bonds. The average Bonchev–Trinajstić information content (AvgIpc) is 2.53. The van der Waals surface area contributed by atoms with Gasteiger partial charge in [0.05, 0.1) is 18.4 Å². The molecule has 0 saturated heterocycles. The molecule has 0 spiro atoms. The molecule has 0 saturated carbocycles. The molecule has 2 rings (SSSR count). The van der Waals surface area contributed by atoms with Crippen molar-refractivity contribution in [1.82, 2.24) is 15.3 Å². The predicted molar refractivity (Wildman–Crippen MR) is 75.1 cm³/mol. The van der Waals surface area contributed by atoms with Crippen LogP contribution in [0.5, 0.6) is 0 Å². The summed E-state index contributed by atoms with van der Waals surface area (Å²) in [5, 5.41) is 3.36. The van der Waals surface area contributed by atoms with Gasteiger partial charge in [-0.15, -0.1) is 0 Å². The summed E-state index contributed by atoms with van der Waals surface area (Å²) in [5.41, 5.74) is 2.45. The van der Waals surface area contributed by atoms with E-state index in [-0.39, 0.29) is 12.0 Å². The highest BCUT2D eigenvalue weighted by Gasteiger charge is 2.07. The summed E-state index contributed by atoms with van der Waals surface area (Å²) in [4.78, 5) is 19.6. The van der Waals surface area contributed by atoms with Gasteiger partial charge in [0.25, 0.3) is 0 Å². The van der Waals surface area contributed by atoms with Gasteiger partial charge in [0.15, 0.2) is 0 Å². The Morgan fingerprint density at radius 1 is 1.35 bits per heavy atom. The van der Waals surface area contributed by atoms with Gasteiger partial charge >= 0.3 is 5.97 Å². The molecular weight excluding hydrogens is 254 g/mol. The van der Waals surface area contributed by atoms with Crippen molar-refractivity contribution >= 4 is 5.97 Å². The van der Waals surface area contributed by atoms with Gasteiger partial charge in [-0.2, -0.15) is 0 Å². The lowest BCUT2D eigenvalue weighted by atomic mass is 10.1. The monoisotopic (exact) mass is 271 g/mol. The van der Waals surface area contributed by atoms with E-state index in [1.807, 2.05) is 24.4 Å². The Morgan fingerprint density at radius 2 is 2.20 bits per heavy atom. The third kappa shape index (κ3) is 3.61. The van der Waals surface area contributed by atoms with Gasteiger partial charge in [-0.3, -0.25) is 9.97 Å². The number of rotatable bonds is 5. The van der Waals surface area contributed by atoms with Crippen LogP contribution in [0, 0.1) is 0 Å². The highest BCUT2D eigenvalue weighted by molar-refractivity contribution is 5.88. The van der Waals surface area contributed by atoms with Crippen LogP contribution in [0.4, 0.5) is 0 Å². The standard InChI is InChI=1S/C15H17N3O2/c1-11(12-4-3-7-16-8-12)17-10-14-6-5-13(9-18-14)15(19)20-2/h3-9,11,17H,10H2,1-2H3/t11-/m1/s1. The second kappa shape index (κ2) is 6.77. The molecule has 1 atom stereocenters. The minimum atomic E-state index is -0.374. The number of nitrogens with zero attached hydrogens (tertiary/aromatic N) is 2. The van der Waals surface area contributed by atoms with Crippen molar-refractivity contribution in [3.8, 4) is 0 Å². The second-order valence-corrected chi connectivity index (χ2v) is 4.42. The largest absolute Gasteiger partial charge is 0.465 e. The van der Waals surface area contributed by atoms with E-state index < -0.39 is 0 Å². The van der Waals surface area contributed by atoms with Crippen molar-refractivity contribution in [2.45, 2.75) is 19.5 Å². The summed E-state index contributed by atoms with van der Waals surface area (Å²) >= 11 is 0. The molecule has 0 unspecified atom stereocenters. The van der Waals surface area contributed by atoms with Crippen LogP contribution in [0.25, 0.3) is 0 Å². The average molecular weight is 271 g/mol. The highest BCUT2D eigenvalue weighted by Crippen LogP contribution is 2.10. The zero-order valence-corrected chi connectivity index (χ0v) is 11.5. The summed E-state index contributed by atoms with van der Waals surface area (Å²) in [6.45, 7) is 2.69. The van der Waals surface area contributed by atoms with Crippen LogP contribution in [0.2, 0.25) is 0 Å². The molecule has 0 aromatic carbocycles. The first-order valence-corrected chi connectivity index (χ1v) is 6.37. The van der Waals surface area contributed by atoms with Gasteiger partial charge < -0.3 is 10.1 Å². The maximum atomic E-state index is 11.3. The Hall–Kier alpha value is -2.27. The Labute approximate surface area is 118 Å². The molecule has 5 heteroatoms. The molecule has 104 valence electrons. The van der Waals surface area contributed by atoms with E-state index in [4.69, 9.17) is 0 Å². The van der Waals surface area contributed by atoms with Crippen LogP contribution in [-0.2, 0) is 11.3 Å². The third-order valence-corrected chi connectivity index (χ3v) is 3.02. The van der Waals surface area contributed by atoms with Crippen LogP contribution >= 0.6 is 0 Å². The van der Waals surface area contributed by atoms with Crippen molar-refractivity contribution in [2.24, 2.45) is 0 Å². The number of methoxy groups -OCH3 is 1. The summed E-state index contributed by atoms with van der Waals surface area (Å²) in [6.07, 6.45) is 5.12. The Bertz CT molecular complexity index is 555. The lowest BCUT2D eigenvalue weighted by molar-refractivity contribution is 0.0600. The van der Waals surface area contributed by atoms with Crippen LogP contribution in [-0.4, -0.2) is 23.0 Å². The van der Waals surface area contributed by atoms with Gasteiger partial charge in [-0.25, -0.2) is 4.79 Å². The topological polar surface area (TPSA) is 64.1 Å². The summed E-state index contributed by atoms with van der Waals surface area (Å²) in [5.74, 6) is -0.374. The SMILES string of the molecule is COC(=O)c1ccc(CN[C@H](C)c2cccnc2)nc1. The molecule has 20 heavy (non-hydrogen) atoms. The van der Waals surface area contributed by atoms with Crippen molar-refractivity contribution < 1.29 is 9.53 Å². The molecular formula is C15H17N3O2. The van der Waals surface area contributed by atoms with Gasteiger partial charge in [0.1, 0.15) is 0 Å². The number of nitrogens with one attached hydrogen (secondary N) is 1. The lowest BCUT2D eigenvalue weighted by Crippen LogP contribution is -2.19. The Kier molecular flexibility index (Phi) is 4.79. The molecule has 0 aliphatic rings. The highest BCUT2D eigenvalue weighted by atomic mass is 16.5. The fourth-order valence-corrected chi connectivity index (χ4v) is 1.78. The van der Waals surface area contributed by atoms with E-state index in [2.05, 4.69) is 26.9 Å². The minimum Gasteiger partial charge on any atom is -0.465 e. The fraction of sp³-hybridized carbons (Fsp3) is 0.267. The molecule has 2 heterocycles. The molecule has 0 radical (unpaired) electrons. The van der Waals surface area contributed by atoms with Crippen LogP contribution in [0.1, 0.15) is 34.6 Å². The van der Waals surface area contributed by atoms with Crippen molar-refractivity contribution in [1.29, 1.82) is 0 Å². The van der Waals surface area contributed by atoms with Crippen LogP contribution in [0.15, 0.2) is 42.9 Å². The van der Waals surface area contributed by atoms with E-state index in [1.54, 1.807) is 12.3 Å². The minimum absolute atomic E-state index is 0.186. The number of esters is 1. The van der Waals surface area contributed by atoms with E-state index >= 15 is 0 Å². The zero-order valence-electron chi connectivity index (χ0n) is 11.5. The molecule has 0 fully saturated rings. The first-order chi connectivity index (χ1) is 9.70. The first-order valence-electron chi connectivity index (χ1n) is 6.37. The fourth-order valence-electron chi connectivity index (χ4n) is 1.78. The van der Waals surface area contributed by atoms with E-state index in [0.29, 0.717) is 12.1 Å². The van der Waals surface area contributed by atoms with Gasteiger partial charge in [0, 0.05) is 31.2 Å². The number of pyridine rings is 2. The normalized spacial score (nSPS) is 11.9. The molecule has 1 N–H and O–H groups in total. The van der Waals surface area contributed by atoms with Gasteiger partial charge in [-0.1, -0.05) is 6.07 Å². The number of carbonyl (C=O) groups is 1. The lowest BCUT2D eigenvalue weighted by Gasteiger charge is -2.13. The zero-order chi connectivity index (χ0) is 14.4. The van der Waals surface area contributed by atoms with Crippen molar-refractivity contribution in [2.75, 3.05) is 7.11 Å². The van der Waals surface area contributed by atoms with Crippen LogP contribution < -0.4 is 5.32 Å². The maximum Gasteiger partial charge on any atom is 0.339 e. The summed E-state index contributed by atoms with van der Waals surface area (Å²) < 4.78 is 4.63. The number of hydrogen-bond donors (Lipinski definition) is 1. The van der Waals surface area contributed by atoms with E-state index in [0.717, 1.165) is 11.3 Å². The predicted octanol–water partition coefficient (Wildman–Crippen LogP) is 2.11. The van der Waals surface area contributed by atoms with Crippen molar-refractivity contribution in [3.05, 3.63) is 59.7 Å². The maximum absolute atomic E-state index is 11.3. The number of aromatic nitrogens is 2. The molecule has 2 aromatic rings. The summed E-state index contributed by atoms with van der Waals surface area (Å²) in [6, 6.07) is 7.65. The Balaban J connectivity index is 1.93. The third-order valence-electron chi connectivity index (χ3n) is 3.02. The molecule has 2 aromatic heterocycles. The van der Waals surface area contributed by atoms with E-state index in [1.165, 1.54) is 13.3 Å². The first kappa shape index (κ1) is 14.1. The smallest absolute Gasteiger partial charge is 0.339 e. The van der Waals surface area contributed by atoms with E-state index in [9.17, 15) is 4.79 Å². The summed E-state index contributed by atoms with van der Waals surface area (Å²) in [7, 11) is 1.35. The van der Waals surface area contributed by atoms with Gasteiger partial charge in [-0.05, 0) is 30.7 Å². The molecule has 5 nitrogen and oxygen atoms in total. The van der Waals surface area contributed by atoms with Crippen LogP contribution in [0.3, 0.4) is 0 Å². The molecule has 0 bridgehead atoms. The Morgan fingerprint density at radius 3 is 2.80 bits per heavy atom.